The second kappa shape index (κ2) is 6.07. The third kappa shape index (κ3) is 3.87. The van der Waals surface area contributed by atoms with Crippen molar-refractivity contribution in [1.29, 1.82) is 0 Å². The van der Waals surface area contributed by atoms with Gasteiger partial charge in [-0.1, -0.05) is 18.5 Å². The van der Waals surface area contributed by atoms with E-state index in [1.165, 1.54) is 0 Å². The largest absolute Gasteiger partial charge is 0.326 e. The van der Waals surface area contributed by atoms with Crippen LogP contribution in [0.5, 0.6) is 0 Å². The number of rotatable bonds is 5. The van der Waals surface area contributed by atoms with E-state index in [2.05, 4.69) is 5.32 Å². The van der Waals surface area contributed by atoms with Gasteiger partial charge in [0.05, 0.1) is 5.75 Å². The lowest BCUT2D eigenvalue weighted by Crippen LogP contribution is -2.24. The Bertz CT molecular complexity index is 691. The van der Waals surface area contributed by atoms with Crippen molar-refractivity contribution in [2.24, 2.45) is 29.6 Å². The summed E-state index contributed by atoms with van der Waals surface area (Å²) in [4.78, 5) is 12.3. The number of fused-ring (bicyclic) bond motifs is 1. The second-order valence-corrected chi connectivity index (χ2v) is 8.71. The van der Waals surface area contributed by atoms with Gasteiger partial charge in [0.2, 0.25) is 5.91 Å². The van der Waals surface area contributed by atoms with E-state index in [-0.39, 0.29) is 23.5 Å². The first-order valence-electron chi connectivity index (χ1n) is 7.76. The fourth-order valence-electron chi connectivity index (χ4n) is 4.14. The zero-order chi connectivity index (χ0) is 16.8. The maximum Gasteiger partial charge on any atom is 0.265 e. The number of carbonyl (C=O) groups is 1. The van der Waals surface area contributed by atoms with Crippen LogP contribution in [0.3, 0.4) is 0 Å². The van der Waals surface area contributed by atoms with Gasteiger partial charge in [-0.2, -0.15) is 8.42 Å². The molecule has 0 bridgehead atoms. The standard InChI is InChI=1S/C16H20ClNO4S/c1-9(16(19)18-12-4-2-11(17)3-5-12)15-13-6-10(7-14(13)15)8-23(20,21)22/h2-5,9-10,13-15H,6-8H2,1H3,(H,18,19)(H,20,21,22). The van der Waals surface area contributed by atoms with Gasteiger partial charge in [0.25, 0.3) is 10.1 Å². The summed E-state index contributed by atoms with van der Waals surface area (Å²) < 4.78 is 30.8. The summed E-state index contributed by atoms with van der Waals surface area (Å²) in [6, 6.07) is 6.99. The first kappa shape index (κ1) is 16.7. The lowest BCUT2D eigenvalue weighted by atomic mass is 9.94. The highest BCUT2D eigenvalue weighted by atomic mass is 35.5. The lowest BCUT2D eigenvalue weighted by molar-refractivity contribution is -0.120. The van der Waals surface area contributed by atoms with Gasteiger partial charge in [0.1, 0.15) is 0 Å². The van der Waals surface area contributed by atoms with E-state index >= 15 is 0 Å². The fourth-order valence-corrected chi connectivity index (χ4v) is 5.14. The van der Waals surface area contributed by atoms with E-state index in [0.29, 0.717) is 22.8 Å². The number of nitrogens with one attached hydrogen (secondary N) is 1. The molecular weight excluding hydrogens is 338 g/mol. The summed E-state index contributed by atoms with van der Waals surface area (Å²) in [7, 11) is -3.90. The molecule has 3 unspecified atom stereocenters. The van der Waals surface area contributed by atoms with Crippen LogP contribution in [0, 0.1) is 29.6 Å². The average Bonchev–Trinajstić information content (AvgIpc) is 2.95. The van der Waals surface area contributed by atoms with Gasteiger partial charge < -0.3 is 5.32 Å². The van der Waals surface area contributed by atoms with Crippen LogP contribution in [-0.4, -0.2) is 24.6 Å². The molecule has 3 atom stereocenters. The molecule has 2 saturated carbocycles. The minimum Gasteiger partial charge on any atom is -0.326 e. The molecule has 0 spiro atoms. The molecule has 5 nitrogen and oxygen atoms in total. The number of anilines is 1. The molecule has 0 saturated heterocycles. The molecule has 2 aliphatic rings. The molecule has 1 aromatic rings. The summed E-state index contributed by atoms with van der Waals surface area (Å²) in [5.41, 5.74) is 0.723. The molecule has 0 aromatic heterocycles. The molecular formula is C16H20ClNO4S. The summed E-state index contributed by atoms with van der Waals surface area (Å²) in [6.07, 6.45) is 1.57. The van der Waals surface area contributed by atoms with Gasteiger partial charge >= 0.3 is 0 Å². The zero-order valence-electron chi connectivity index (χ0n) is 12.8. The van der Waals surface area contributed by atoms with Gasteiger partial charge in [0, 0.05) is 16.6 Å². The molecule has 3 rings (SSSR count). The zero-order valence-corrected chi connectivity index (χ0v) is 14.3. The van der Waals surface area contributed by atoms with Crippen molar-refractivity contribution in [3.8, 4) is 0 Å². The Balaban J connectivity index is 1.52. The third-order valence-corrected chi connectivity index (χ3v) is 6.30. The summed E-state index contributed by atoms with van der Waals surface area (Å²) in [5.74, 6) is 0.895. The third-order valence-electron chi connectivity index (χ3n) is 5.16. The predicted molar refractivity (Wildman–Crippen MR) is 88.9 cm³/mol. The van der Waals surface area contributed by atoms with Gasteiger partial charge in [-0.25, -0.2) is 0 Å². The molecule has 2 N–H and O–H groups in total. The molecule has 0 aliphatic heterocycles. The van der Waals surface area contributed by atoms with Crippen LogP contribution < -0.4 is 5.32 Å². The molecule has 23 heavy (non-hydrogen) atoms. The number of amides is 1. The second-order valence-electron chi connectivity index (χ2n) is 6.78. The minimum atomic E-state index is -3.90. The smallest absolute Gasteiger partial charge is 0.265 e. The van der Waals surface area contributed by atoms with Gasteiger partial charge in [0.15, 0.2) is 0 Å². The predicted octanol–water partition coefficient (Wildman–Crippen LogP) is 3.07. The topological polar surface area (TPSA) is 83.5 Å². The van der Waals surface area contributed by atoms with Gasteiger partial charge in [-0.3, -0.25) is 9.35 Å². The number of carbonyl (C=O) groups excluding carboxylic acids is 1. The van der Waals surface area contributed by atoms with Crippen molar-refractivity contribution < 1.29 is 17.8 Å². The van der Waals surface area contributed by atoms with Crippen LogP contribution in [0.25, 0.3) is 0 Å². The minimum absolute atomic E-state index is 0.0157. The molecule has 2 fully saturated rings. The van der Waals surface area contributed by atoms with Crippen molar-refractivity contribution in [3.63, 3.8) is 0 Å². The quantitative estimate of drug-likeness (QED) is 0.793. The van der Waals surface area contributed by atoms with E-state index < -0.39 is 10.1 Å². The highest BCUT2D eigenvalue weighted by Gasteiger charge is 2.59. The molecule has 0 heterocycles. The normalized spacial score (nSPS) is 30.6. The summed E-state index contributed by atoms with van der Waals surface area (Å²) in [5, 5.41) is 3.52. The first-order valence-corrected chi connectivity index (χ1v) is 9.75. The van der Waals surface area contributed by atoms with Crippen molar-refractivity contribution in [1.82, 2.24) is 0 Å². The van der Waals surface area contributed by atoms with Gasteiger partial charge in [-0.15, -0.1) is 0 Å². The first-order chi connectivity index (χ1) is 10.7. The number of hydrogen-bond donors (Lipinski definition) is 2. The maximum atomic E-state index is 12.3. The van der Waals surface area contributed by atoms with Crippen molar-refractivity contribution >= 4 is 33.3 Å². The molecule has 1 aromatic carbocycles. The SMILES string of the molecule is CC(C(=O)Nc1ccc(Cl)cc1)C1C2CC(CS(=O)(=O)O)CC21. The van der Waals surface area contributed by atoms with E-state index in [1.807, 2.05) is 6.92 Å². The van der Waals surface area contributed by atoms with E-state index in [0.717, 1.165) is 18.5 Å². The van der Waals surface area contributed by atoms with Crippen molar-refractivity contribution in [2.45, 2.75) is 19.8 Å². The van der Waals surface area contributed by atoms with E-state index in [4.69, 9.17) is 16.2 Å². The molecule has 1 amide bonds. The highest BCUT2D eigenvalue weighted by Crippen LogP contribution is 2.62. The Kier molecular flexibility index (Phi) is 4.42. The molecule has 2 aliphatic carbocycles. The highest BCUT2D eigenvalue weighted by molar-refractivity contribution is 7.85. The summed E-state index contributed by atoms with van der Waals surface area (Å²) in [6.45, 7) is 1.92. The van der Waals surface area contributed by atoms with Gasteiger partial charge in [-0.05, 0) is 60.8 Å². The fraction of sp³-hybridized carbons (Fsp3) is 0.562. The van der Waals surface area contributed by atoms with E-state index in [9.17, 15) is 13.2 Å². The Labute approximate surface area is 141 Å². The Morgan fingerprint density at radius 3 is 2.39 bits per heavy atom. The van der Waals surface area contributed by atoms with Crippen LogP contribution in [0.2, 0.25) is 5.02 Å². The van der Waals surface area contributed by atoms with E-state index in [1.54, 1.807) is 24.3 Å². The Hall–Kier alpha value is -1.11. The number of halogens is 1. The van der Waals surface area contributed by atoms with Crippen LogP contribution in [0.1, 0.15) is 19.8 Å². The molecule has 7 heteroatoms. The summed E-state index contributed by atoms with van der Waals surface area (Å²) >= 11 is 5.82. The van der Waals surface area contributed by atoms with Crippen LogP contribution in [0.4, 0.5) is 5.69 Å². The maximum absolute atomic E-state index is 12.3. The number of benzene rings is 1. The lowest BCUT2D eigenvalue weighted by Gasteiger charge is -2.17. The van der Waals surface area contributed by atoms with Crippen LogP contribution in [0.15, 0.2) is 24.3 Å². The number of hydrogen-bond acceptors (Lipinski definition) is 3. The molecule has 126 valence electrons. The monoisotopic (exact) mass is 357 g/mol. The van der Waals surface area contributed by atoms with Crippen molar-refractivity contribution in [2.75, 3.05) is 11.1 Å². The molecule has 0 radical (unpaired) electrons. The Morgan fingerprint density at radius 2 is 1.87 bits per heavy atom. The van der Waals surface area contributed by atoms with Crippen LogP contribution >= 0.6 is 11.6 Å². The van der Waals surface area contributed by atoms with Crippen LogP contribution in [-0.2, 0) is 14.9 Å². The average molecular weight is 358 g/mol. The Morgan fingerprint density at radius 1 is 1.30 bits per heavy atom. The van der Waals surface area contributed by atoms with Crippen molar-refractivity contribution in [3.05, 3.63) is 29.3 Å².